The molecular weight excluding hydrogens is 330 g/mol. The molecule has 0 radical (unpaired) electrons. The van der Waals surface area contributed by atoms with Crippen LogP contribution in [0.5, 0.6) is 0 Å². The Balaban J connectivity index is 1.34. The molecule has 6 nitrogen and oxygen atoms in total. The normalized spacial score (nSPS) is 27.7. The summed E-state index contributed by atoms with van der Waals surface area (Å²) in [5, 5.41) is 3.01. The zero-order valence-electron chi connectivity index (χ0n) is 15.3. The lowest BCUT2D eigenvalue weighted by Crippen LogP contribution is -2.51. The lowest BCUT2D eigenvalue weighted by molar-refractivity contribution is -0.137. The van der Waals surface area contributed by atoms with Crippen molar-refractivity contribution in [2.24, 2.45) is 5.92 Å². The second-order valence-electron chi connectivity index (χ2n) is 7.66. The molecule has 0 spiro atoms. The third-order valence-corrected chi connectivity index (χ3v) is 5.87. The van der Waals surface area contributed by atoms with E-state index >= 15 is 0 Å². The molecule has 3 aliphatic rings. The van der Waals surface area contributed by atoms with Gasteiger partial charge in [-0.15, -0.1) is 0 Å². The Kier molecular flexibility index (Phi) is 4.85. The van der Waals surface area contributed by atoms with Crippen LogP contribution in [0, 0.1) is 12.8 Å². The van der Waals surface area contributed by atoms with Gasteiger partial charge < -0.3 is 19.9 Å². The molecular formula is C20H27N3O3. The van der Waals surface area contributed by atoms with Crippen molar-refractivity contribution in [3.8, 4) is 0 Å². The Hall–Kier alpha value is -2.08. The Morgan fingerprint density at radius 3 is 2.69 bits per heavy atom. The molecule has 4 rings (SSSR count). The fraction of sp³-hybridized carbons (Fsp3) is 0.600. The van der Waals surface area contributed by atoms with Gasteiger partial charge >= 0.3 is 6.03 Å². The van der Waals surface area contributed by atoms with Crippen LogP contribution in [0.15, 0.2) is 24.3 Å². The minimum atomic E-state index is -0.161. The molecule has 3 saturated heterocycles. The number of carbonyl (C=O) groups excluding carboxylic acids is 2. The summed E-state index contributed by atoms with van der Waals surface area (Å²) in [7, 11) is 0. The van der Waals surface area contributed by atoms with E-state index in [9.17, 15) is 9.59 Å². The molecule has 6 heteroatoms. The van der Waals surface area contributed by atoms with Crippen LogP contribution in [0.4, 0.5) is 4.79 Å². The van der Waals surface area contributed by atoms with E-state index in [0.29, 0.717) is 19.6 Å². The average molecular weight is 357 g/mol. The first-order valence-electron chi connectivity index (χ1n) is 9.63. The van der Waals surface area contributed by atoms with Crippen LogP contribution < -0.4 is 5.32 Å². The van der Waals surface area contributed by atoms with E-state index in [0.717, 1.165) is 37.9 Å². The Bertz CT molecular complexity index is 687. The van der Waals surface area contributed by atoms with Crippen LogP contribution >= 0.6 is 0 Å². The number of nitrogens with zero attached hydrogens (tertiary/aromatic N) is 2. The predicted octanol–water partition coefficient (Wildman–Crippen LogP) is 1.92. The molecule has 0 aromatic heterocycles. The topological polar surface area (TPSA) is 61.9 Å². The number of amides is 3. The number of likely N-dealkylation sites (tertiary alicyclic amines) is 2. The molecule has 1 N–H and O–H groups in total. The molecule has 0 aliphatic carbocycles. The van der Waals surface area contributed by atoms with Gasteiger partial charge in [0.25, 0.3) is 0 Å². The molecule has 1 aromatic carbocycles. The summed E-state index contributed by atoms with van der Waals surface area (Å²) in [4.78, 5) is 29.1. The lowest BCUT2D eigenvalue weighted by Gasteiger charge is -2.33. The van der Waals surface area contributed by atoms with Crippen molar-refractivity contribution in [1.82, 2.24) is 15.1 Å². The van der Waals surface area contributed by atoms with Gasteiger partial charge in [-0.3, -0.25) is 4.79 Å². The quantitative estimate of drug-likeness (QED) is 0.899. The first kappa shape index (κ1) is 17.3. The molecule has 0 unspecified atom stereocenters. The first-order valence-corrected chi connectivity index (χ1v) is 9.63. The van der Waals surface area contributed by atoms with Crippen LogP contribution in [0.25, 0.3) is 0 Å². The SMILES string of the molecule is Cc1ccccc1CNC(=O)N1C[C@@H]2C[C@H](C(=O)N3CCCC3)[C@H](C1)O2. The lowest BCUT2D eigenvalue weighted by atomic mass is 9.99. The minimum Gasteiger partial charge on any atom is -0.370 e. The molecule has 140 valence electrons. The third kappa shape index (κ3) is 3.43. The number of carbonyl (C=O) groups is 2. The van der Waals surface area contributed by atoms with Crippen LogP contribution in [-0.2, 0) is 16.1 Å². The average Bonchev–Trinajstić information content (AvgIpc) is 3.28. The van der Waals surface area contributed by atoms with E-state index in [1.165, 1.54) is 5.56 Å². The number of hydrogen-bond acceptors (Lipinski definition) is 3. The Morgan fingerprint density at radius 1 is 1.15 bits per heavy atom. The second kappa shape index (κ2) is 7.27. The summed E-state index contributed by atoms with van der Waals surface area (Å²) >= 11 is 0. The number of aryl methyl sites for hydroxylation is 1. The van der Waals surface area contributed by atoms with Crippen molar-refractivity contribution in [3.05, 3.63) is 35.4 Å². The fourth-order valence-electron chi connectivity index (χ4n) is 4.35. The molecule has 26 heavy (non-hydrogen) atoms. The molecule has 3 aliphatic heterocycles. The molecule has 3 heterocycles. The zero-order valence-corrected chi connectivity index (χ0v) is 15.3. The Labute approximate surface area is 154 Å². The summed E-state index contributed by atoms with van der Waals surface area (Å²) < 4.78 is 5.98. The number of hydrogen-bond donors (Lipinski definition) is 1. The molecule has 3 amide bonds. The molecule has 3 atom stereocenters. The number of benzene rings is 1. The van der Waals surface area contributed by atoms with E-state index in [2.05, 4.69) is 5.32 Å². The third-order valence-electron chi connectivity index (χ3n) is 5.87. The van der Waals surface area contributed by atoms with Crippen molar-refractivity contribution in [1.29, 1.82) is 0 Å². The number of fused-ring (bicyclic) bond motifs is 2. The van der Waals surface area contributed by atoms with Gasteiger partial charge in [0.1, 0.15) is 0 Å². The van der Waals surface area contributed by atoms with Crippen LogP contribution in [-0.4, -0.2) is 60.1 Å². The van der Waals surface area contributed by atoms with E-state index < -0.39 is 0 Å². The van der Waals surface area contributed by atoms with E-state index in [4.69, 9.17) is 4.74 Å². The van der Waals surface area contributed by atoms with Gasteiger partial charge in [0, 0.05) is 32.7 Å². The predicted molar refractivity (Wildman–Crippen MR) is 97.6 cm³/mol. The van der Waals surface area contributed by atoms with Gasteiger partial charge in [0.05, 0.1) is 18.1 Å². The highest BCUT2D eigenvalue weighted by atomic mass is 16.5. The fourth-order valence-corrected chi connectivity index (χ4v) is 4.35. The standard InChI is InChI=1S/C20H27N3O3/c1-14-6-2-3-7-15(14)11-21-20(25)23-12-16-10-17(18(13-23)26-16)19(24)22-8-4-5-9-22/h2-3,6-7,16-18H,4-5,8-13H2,1H3,(H,21,25)/t16-,17-,18-/m0/s1. The van der Waals surface area contributed by atoms with Crippen LogP contribution in [0.2, 0.25) is 0 Å². The van der Waals surface area contributed by atoms with Crippen molar-refractivity contribution in [2.45, 2.75) is 44.9 Å². The summed E-state index contributed by atoms with van der Waals surface area (Å²) in [6, 6.07) is 7.99. The summed E-state index contributed by atoms with van der Waals surface area (Å²) in [6.07, 6.45) is 2.75. The zero-order chi connectivity index (χ0) is 18.1. The van der Waals surface area contributed by atoms with E-state index in [1.807, 2.05) is 41.0 Å². The summed E-state index contributed by atoms with van der Waals surface area (Å²) in [5.41, 5.74) is 2.30. The van der Waals surface area contributed by atoms with E-state index in [-0.39, 0.29) is 30.1 Å². The minimum absolute atomic E-state index is 0.0190. The number of rotatable bonds is 3. The van der Waals surface area contributed by atoms with Gasteiger partial charge in [-0.25, -0.2) is 4.79 Å². The highest BCUT2D eigenvalue weighted by molar-refractivity contribution is 5.81. The van der Waals surface area contributed by atoms with Crippen molar-refractivity contribution < 1.29 is 14.3 Å². The molecule has 3 fully saturated rings. The number of nitrogens with one attached hydrogen (secondary N) is 1. The second-order valence-corrected chi connectivity index (χ2v) is 7.66. The first-order chi connectivity index (χ1) is 12.6. The van der Waals surface area contributed by atoms with Gasteiger partial charge in [0.2, 0.25) is 5.91 Å². The Morgan fingerprint density at radius 2 is 1.92 bits per heavy atom. The highest BCUT2D eigenvalue weighted by Crippen LogP contribution is 2.34. The van der Waals surface area contributed by atoms with Gasteiger partial charge in [-0.1, -0.05) is 24.3 Å². The number of ether oxygens (including phenoxy) is 1. The number of morpholine rings is 1. The van der Waals surface area contributed by atoms with Crippen LogP contribution in [0.1, 0.15) is 30.4 Å². The van der Waals surface area contributed by atoms with E-state index in [1.54, 1.807) is 0 Å². The number of urea groups is 1. The highest BCUT2D eigenvalue weighted by Gasteiger charge is 2.47. The summed E-state index contributed by atoms with van der Waals surface area (Å²) in [5.74, 6) is 0.129. The monoisotopic (exact) mass is 357 g/mol. The molecule has 1 aromatic rings. The maximum absolute atomic E-state index is 12.7. The summed E-state index contributed by atoms with van der Waals surface area (Å²) in [6.45, 7) is 5.38. The molecule has 2 bridgehead atoms. The van der Waals surface area contributed by atoms with Crippen LogP contribution in [0.3, 0.4) is 0 Å². The van der Waals surface area contributed by atoms with Gasteiger partial charge in [0.15, 0.2) is 0 Å². The maximum Gasteiger partial charge on any atom is 0.317 e. The smallest absolute Gasteiger partial charge is 0.317 e. The van der Waals surface area contributed by atoms with Crippen molar-refractivity contribution in [3.63, 3.8) is 0 Å². The van der Waals surface area contributed by atoms with Crippen molar-refractivity contribution >= 4 is 11.9 Å². The molecule has 0 saturated carbocycles. The maximum atomic E-state index is 12.7. The van der Waals surface area contributed by atoms with Crippen molar-refractivity contribution in [2.75, 3.05) is 26.2 Å². The largest absolute Gasteiger partial charge is 0.370 e. The van der Waals surface area contributed by atoms with Gasteiger partial charge in [-0.05, 0) is 37.3 Å². The van der Waals surface area contributed by atoms with Gasteiger partial charge in [-0.2, -0.15) is 0 Å².